The maximum Gasteiger partial charge on any atom is 1.00 e. The minimum absolute atomic E-state index is 0. The summed E-state index contributed by atoms with van der Waals surface area (Å²) in [6.07, 6.45) is 24.2. The van der Waals surface area contributed by atoms with Crippen LogP contribution in [0.3, 0.4) is 0 Å². The van der Waals surface area contributed by atoms with E-state index in [4.69, 9.17) is 0 Å². The molecular weight excluding hydrogens is 437 g/mol. The summed E-state index contributed by atoms with van der Waals surface area (Å²) >= 11 is 0. The summed E-state index contributed by atoms with van der Waals surface area (Å²) in [4.78, 5) is 10.3. The number of aliphatic carboxylic acids is 1. The molecule has 0 fully saturated rings. The topological polar surface area (TPSA) is 86.3 Å². The van der Waals surface area contributed by atoms with Gasteiger partial charge in [-0.05, 0) is 6.42 Å². The van der Waals surface area contributed by atoms with Gasteiger partial charge in [0, 0.05) is 18.9 Å². The third-order valence-corrected chi connectivity index (χ3v) is 7.14. The Balaban J connectivity index is 0. The van der Waals surface area contributed by atoms with Crippen LogP contribution in [0.5, 0.6) is 0 Å². The van der Waals surface area contributed by atoms with E-state index in [1.807, 2.05) is 0 Å². The summed E-state index contributed by atoms with van der Waals surface area (Å²) in [5.74, 6) is -1.15. The van der Waals surface area contributed by atoms with Crippen LogP contribution < -0.4 is 61.2 Å². The Labute approximate surface area is 235 Å². The Morgan fingerprint density at radius 1 is 0.645 bits per heavy atom. The van der Waals surface area contributed by atoms with Crippen LogP contribution in [0.2, 0.25) is 0 Å². The molecule has 0 spiro atoms. The summed E-state index contributed by atoms with van der Waals surface area (Å²) in [5.41, 5.74) is 0. The average Bonchev–Trinajstić information content (AvgIpc) is 2.69. The van der Waals surface area contributed by atoms with Gasteiger partial charge in [-0.1, -0.05) is 122 Å². The first kappa shape index (κ1) is 34.2. The van der Waals surface area contributed by atoms with E-state index in [0.717, 1.165) is 12.8 Å². The average molecular weight is 486 g/mol. The number of carboxylic acid groups (broad SMARTS) is 1. The number of carboxylic acids is 1. The van der Waals surface area contributed by atoms with E-state index in [-0.39, 0.29) is 70.1 Å². The van der Waals surface area contributed by atoms with Gasteiger partial charge in [-0.2, -0.15) is 0 Å². The molecule has 0 aliphatic carbocycles. The SMILES string of the molecule is CCCCCCCCCCCCCCCCCCCCCS(=O)(=O)NCCC(=O)[O-].[K+]. The number of carbonyl (C=O) groups is 1. The molecule has 0 aromatic heterocycles. The molecule has 0 saturated carbocycles. The van der Waals surface area contributed by atoms with Gasteiger partial charge in [-0.25, -0.2) is 13.1 Å². The van der Waals surface area contributed by atoms with Gasteiger partial charge in [-0.15, -0.1) is 0 Å². The first-order valence-electron chi connectivity index (χ1n) is 12.6. The fourth-order valence-electron chi connectivity index (χ4n) is 3.75. The van der Waals surface area contributed by atoms with Crippen LogP contribution in [0, 0.1) is 0 Å². The number of sulfonamides is 1. The molecule has 0 heterocycles. The predicted molar refractivity (Wildman–Crippen MR) is 125 cm³/mol. The van der Waals surface area contributed by atoms with Gasteiger partial charge in [0.15, 0.2) is 0 Å². The van der Waals surface area contributed by atoms with E-state index in [0.29, 0.717) is 6.42 Å². The second kappa shape index (κ2) is 25.6. The summed E-state index contributed by atoms with van der Waals surface area (Å²) < 4.78 is 25.6. The molecule has 0 saturated heterocycles. The Morgan fingerprint density at radius 2 is 0.968 bits per heavy atom. The number of nitrogens with one attached hydrogen (secondary N) is 1. The molecule has 0 unspecified atom stereocenters. The zero-order valence-electron chi connectivity index (χ0n) is 20.6. The van der Waals surface area contributed by atoms with E-state index in [1.54, 1.807) is 0 Å². The number of unbranched alkanes of at least 4 members (excludes halogenated alkanes) is 18. The maximum atomic E-state index is 11.7. The van der Waals surface area contributed by atoms with Crippen molar-refractivity contribution in [1.29, 1.82) is 0 Å². The zero-order valence-corrected chi connectivity index (χ0v) is 24.5. The van der Waals surface area contributed by atoms with Crippen LogP contribution in [0.25, 0.3) is 0 Å². The zero-order chi connectivity index (χ0) is 22.3. The Kier molecular flexibility index (Phi) is 28.3. The molecule has 0 rings (SSSR count). The Hall–Kier alpha value is 1.02. The van der Waals surface area contributed by atoms with Crippen molar-refractivity contribution in [3.8, 4) is 0 Å². The van der Waals surface area contributed by atoms with Crippen molar-refractivity contribution in [1.82, 2.24) is 4.72 Å². The van der Waals surface area contributed by atoms with Gasteiger partial charge in [0.2, 0.25) is 10.0 Å². The minimum atomic E-state index is -3.34. The van der Waals surface area contributed by atoms with Crippen molar-refractivity contribution in [2.24, 2.45) is 0 Å². The van der Waals surface area contributed by atoms with Gasteiger partial charge in [0.1, 0.15) is 0 Å². The first-order valence-corrected chi connectivity index (χ1v) is 14.3. The molecule has 5 nitrogen and oxygen atoms in total. The molecule has 0 bridgehead atoms. The Morgan fingerprint density at radius 3 is 1.29 bits per heavy atom. The monoisotopic (exact) mass is 485 g/mol. The van der Waals surface area contributed by atoms with Gasteiger partial charge in [0.05, 0.1) is 5.75 Å². The van der Waals surface area contributed by atoms with E-state index in [2.05, 4.69) is 11.6 Å². The third kappa shape index (κ3) is 29.0. The van der Waals surface area contributed by atoms with Gasteiger partial charge in [0.25, 0.3) is 0 Å². The van der Waals surface area contributed by atoms with Crippen molar-refractivity contribution in [2.75, 3.05) is 12.3 Å². The molecule has 0 aromatic carbocycles. The van der Waals surface area contributed by atoms with E-state index in [9.17, 15) is 18.3 Å². The van der Waals surface area contributed by atoms with Crippen molar-refractivity contribution < 1.29 is 69.7 Å². The van der Waals surface area contributed by atoms with Crippen LogP contribution in [0.4, 0.5) is 0 Å². The normalized spacial score (nSPS) is 11.4. The molecule has 0 radical (unpaired) electrons. The molecule has 7 heteroatoms. The summed E-state index contributed by atoms with van der Waals surface area (Å²) in [7, 11) is -3.34. The van der Waals surface area contributed by atoms with Gasteiger partial charge >= 0.3 is 51.4 Å². The summed E-state index contributed by atoms with van der Waals surface area (Å²) in [6.45, 7) is 2.19. The number of hydrogen-bond acceptors (Lipinski definition) is 4. The second-order valence-electron chi connectivity index (χ2n) is 8.70. The number of hydrogen-bond donors (Lipinski definition) is 1. The van der Waals surface area contributed by atoms with Crippen molar-refractivity contribution in [3.63, 3.8) is 0 Å². The van der Waals surface area contributed by atoms with Crippen molar-refractivity contribution in [3.05, 3.63) is 0 Å². The summed E-state index contributed by atoms with van der Waals surface area (Å²) in [5, 5.41) is 10.3. The maximum absolute atomic E-state index is 11.7. The molecule has 0 aliphatic heterocycles. The molecular formula is C24H48KNO4S. The van der Waals surface area contributed by atoms with Crippen LogP contribution in [0.1, 0.15) is 135 Å². The molecule has 0 aromatic rings. The van der Waals surface area contributed by atoms with Crippen LogP contribution in [0.15, 0.2) is 0 Å². The van der Waals surface area contributed by atoms with Gasteiger partial charge in [-0.3, -0.25) is 0 Å². The minimum Gasteiger partial charge on any atom is -0.550 e. The standard InChI is InChI=1S/C24H49NO4S.K/c1-2-3-4-5-6-7-8-9-10-11-12-13-14-15-16-17-18-19-20-23-30(28,29)25-22-21-24(26)27;/h25H,2-23H2,1H3,(H,26,27);/q;+1/p-1. The molecule has 180 valence electrons. The van der Waals surface area contributed by atoms with Crippen LogP contribution in [-0.4, -0.2) is 26.7 Å². The van der Waals surface area contributed by atoms with E-state index < -0.39 is 16.0 Å². The molecule has 1 N–H and O–H groups in total. The largest absolute Gasteiger partial charge is 1.00 e. The third-order valence-electron chi connectivity index (χ3n) is 5.67. The molecule has 0 aliphatic rings. The first-order chi connectivity index (χ1) is 14.5. The Bertz CT molecular complexity index is 486. The van der Waals surface area contributed by atoms with Crippen molar-refractivity contribution >= 4 is 16.0 Å². The smallest absolute Gasteiger partial charge is 0.550 e. The van der Waals surface area contributed by atoms with Crippen molar-refractivity contribution in [2.45, 2.75) is 135 Å². The summed E-state index contributed by atoms with van der Waals surface area (Å²) in [6, 6.07) is 0. The predicted octanol–water partition coefficient (Wildman–Crippen LogP) is 2.48. The number of carbonyl (C=O) groups excluding carboxylic acids is 1. The van der Waals surface area contributed by atoms with E-state index >= 15 is 0 Å². The van der Waals surface area contributed by atoms with E-state index in [1.165, 1.54) is 103 Å². The molecule has 0 amide bonds. The van der Waals surface area contributed by atoms with Gasteiger partial charge < -0.3 is 9.90 Å². The molecule has 0 atom stereocenters. The second-order valence-corrected chi connectivity index (χ2v) is 10.6. The fraction of sp³-hybridized carbons (Fsp3) is 0.958. The number of rotatable bonds is 24. The van der Waals surface area contributed by atoms with Crippen LogP contribution >= 0.6 is 0 Å². The quantitative estimate of drug-likeness (QED) is 0.168. The fourth-order valence-corrected chi connectivity index (χ4v) is 4.89. The molecule has 31 heavy (non-hydrogen) atoms. The van der Waals surface area contributed by atoms with Crippen LogP contribution in [-0.2, 0) is 14.8 Å².